The number of halogens is 1. The molecule has 0 radical (unpaired) electrons. The van der Waals surface area contributed by atoms with Crippen LogP contribution < -0.4 is 11.1 Å². The molecule has 1 aromatic heterocycles. The number of nitrogens with zero attached hydrogens (tertiary/aromatic N) is 2. The largest absolute Gasteiger partial charge is 0.381 e. The average molecular weight is 381 g/mol. The number of nitrogens with one attached hydrogen (secondary N) is 1. The maximum atomic E-state index is 12.3. The van der Waals surface area contributed by atoms with Gasteiger partial charge in [-0.2, -0.15) is 5.10 Å². The quantitative estimate of drug-likeness (QED) is 0.672. The van der Waals surface area contributed by atoms with Crippen LogP contribution in [0.1, 0.15) is 15.9 Å². The van der Waals surface area contributed by atoms with Crippen molar-refractivity contribution in [1.82, 2.24) is 15.1 Å². The normalized spacial score (nSPS) is 13.3. The van der Waals surface area contributed by atoms with E-state index in [-0.39, 0.29) is 6.42 Å². The molecular formula is C15H17BrN4O3. The van der Waals surface area contributed by atoms with E-state index < -0.39 is 24.0 Å². The number of aryl methyl sites for hydroxylation is 1. The first-order chi connectivity index (χ1) is 10.9. The molecule has 0 saturated carbocycles. The van der Waals surface area contributed by atoms with Crippen LogP contribution in [0.15, 0.2) is 41.1 Å². The monoisotopic (exact) mass is 380 g/mol. The summed E-state index contributed by atoms with van der Waals surface area (Å²) < 4.78 is 1.99. The molecule has 2 atom stereocenters. The van der Waals surface area contributed by atoms with Gasteiger partial charge in [-0.1, -0.05) is 30.3 Å². The zero-order valence-electron chi connectivity index (χ0n) is 12.4. The van der Waals surface area contributed by atoms with E-state index in [1.54, 1.807) is 7.05 Å². The van der Waals surface area contributed by atoms with Gasteiger partial charge in [0.2, 0.25) is 5.91 Å². The summed E-state index contributed by atoms with van der Waals surface area (Å²) in [5.41, 5.74) is 6.34. The van der Waals surface area contributed by atoms with Gasteiger partial charge in [-0.25, -0.2) is 0 Å². The van der Waals surface area contributed by atoms with E-state index in [9.17, 15) is 14.7 Å². The Bertz CT molecular complexity index is 702. The highest BCUT2D eigenvalue weighted by molar-refractivity contribution is 9.10. The Morgan fingerprint density at radius 1 is 1.39 bits per heavy atom. The van der Waals surface area contributed by atoms with Gasteiger partial charge in [0.25, 0.3) is 5.91 Å². The fourth-order valence-corrected chi connectivity index (χ4v) is 2.50. The lowest BCUT2D eigenvalue weighted by Crippen LogP contribution is -2.50. The van der Waals surface area contributed by atoms with Crippen LogP contribution in [0, 0.1) is 0 Å². The number of aliphatic hydroxyl groups excluding tert-OH is 1. The van der Waals surface area contributed by atoms with Gasteiger partial charge in [-0.3, -0.25) is 14.3 Å². The number of primary amides is 1. The molecular weight excluding hydrogens is 364 g/mol. The second kappa shape index (κ2) is 7.38. The highest BCUT2D eigenvalue weighted by atomic mass is 79.9. The van der Waals surface area contributed by atoms with Crippen LogP contribution in [0.4, 0.5) is 0 Å². The van der Waals surface area contributed by atoms with E-state index in [2.05, 4.69) is 26.3 Å². The Morgan fingerprint density at radius 2 is 2.04 bits per heavy atom. The summed E-state index contributed by atoms with van der Waals surface area (Å²) in [4.78, 5) is 23.7. The van der Waals surface area contributed by atoms with Crippen LogP contribution in [-0.4, -0.2) is 38.8 Å². The summed E-state index contributed by atoms with van der Waals surface area (Å²) in [7, 11) is 1.68. The van der Waals surface area contributed by atoms with Crippen LogP contribution in [0.2, 0.25) is 0 Å². The van der Waals surface area contributed by atoms with Gasteiger partial charge in [0, 0.05) is 7.05 Å². The number of hydrogen-bond acceptors (Lipinski definition) is 4. The van der Waals surface area contributed by atoms with Crippen LogP contribution in [-0.2, 0) is 18.3 Å². The van der Waals surface area contributed by atoms with Gasteiger partial charge >= 0.3 is 0 Å². The van der Waals surface area contributed by atoms with Crippen molar-refractivity contribution in [2.24, 2.45) is 12.8 Å². The van der Waals surface area contributed by atoms with E-state index in [1.807, 2.05) is 30.3 Å². The van der Waals surface area contributed by atoms with E-state index >= 15 is 0 Å². The van der Waals surface area contributed by atoms with Crippen molar-refractivity contribution < 1.29 is 14.7 Å². The number of amides is 2. The second-order valence-electron chi connectivity index (χ2n) is 5.09. The lowest BCUT2D eigenvalue weighted by Gasteiger charge is -2.22. The standard InChI is InChI=1S/C15H17BrN4O3/c1-20-13(16)10(8-18-20)15(23)19-11(12(21)14(17)22)7-9-5-3-2-4-6-9/h2-6,8,11-12,21H,7H2,1H3,(H2,17,22)(H,19,23). The molecule has 2 unspecified atom stereocenters. The van der Waals surface area contributed by atoms with Crippen LogP contribution in [0.3, 0.4) is 0 Å². The number of nitrogens with two attached hydrogens (primary N) is 1. The Morgan fingerprint density at radius 3 is 2.57 bits per heavy atom. The number of rotatable bonds is 6. The summed E-state index contributed by atoms with van der Waals surface area (Å²) in [6.45, 7) is 0. The molecule has 0 spiro atoms. The highest BCUT2D eigenvalue weighted by Gasteiger charge is 2.27. The van der Waals surface area contributed by atoms with Crippen molar-refractivity contribution in [2.45, 2.75) is 18.6 Å². The number of hydrogen-bond donors (Lipinski definition) is 3. The number of benzene rings is 1. The van der Waals surface area contributed by atoms with Gasteiger partial charge < -0.3 is 16.2 Å². The Kier molecular flexibility index (Phi) is 5.51. The van der Waals surface area contributed by atoms with Gasteiger partial charge in [-0.15, -0.1) is 0 Å². The summed E-state index contributed by atoms with van der Waals surface area (Å²) in [6, 6.07) is 8.37. The van der Waals surface area contributed by atoms with Crippen LogP contribution in [0.25, 0.3) is 0 Å². The number of aromatic nitrogens is 2. The fraction of sp³-hybridized carbons (Fsp3) is 0.267. The molecule has 2 amide bonds. The number of carbonyl (C=O) groups excluding carboxylic acids is 2. The molecule has 122 valence electrons. The molecule has 0 saturated heterocycles. The molecule has 8 heteroatoms. The molecule has 2 rings (SSSR count). The average Bonchev–Trinajstić information content (AvgIpc) is 2.86. The summed E-state index contributed by atoms with van der Waals surface area (Å²) in [5, 5.41) is 16.6. The third-order valence-electron chi connectivity index (χ3n) is 3.40. The Hall–Kier alpha value is -2.19. The van der Waals surface area contributed by atoms with Gasteiger partial charge in [0.1, 0.15) is 4.60 Å². The first-order valence-electron chi connectivity index (χ1n) is 6.89. The number of carbonyl (C=O) groups is 2. The predicted molar refractivity (Wildman–Crippen MR) is 87.5 cm³/mol. The lowest BCUT2D eigenvalue weighted by molar-refractivity contribution is -0.127. The van der Waals surface area contributed by atoms with E-state index in [0.717, 1.165) is 5.56 Å². The highest BCUT2D eigenvalue weighted by Crippen LogP contribution is 2.15. The van der Waals surface area contributed by atoms with Crippen molar-refractivity contribution in [1.29, 1.82) is 0 Å². The van der Waals surface area contributed by atoms with E-state index in [1.165, 1.54) is 10.9 Å². The smallest absolute Gasteiger partial charge is 0.255 e. The molecule has 1 aromatic carbocycles. The maximum absolute atomic E-state index is 12.3. The zero-order chi connectivity index (χ0) is 17.0. The summed E-state index contributed by atoms with van der Waals surface area (Å²) in [5.74, 6) is -1.34. The molecule has 23 heavy (non-hydrogen) atoms. The maximum Gasteiger partial charge on any atom is 0.255 e. The minimum Gasteiger partial charge on any atom is -0.381 e. The molecule has 0 aliphatic heterocycles. The Labute approximate surface area is 141 Å². The molecule has 0 fully saturated rings. The van der Waals surface area contributed by atoms with Crippen molar-refractivity contribution in [3.8, 4) is 0 Å². The first-order valence-corrected chi connectivity index (χ1v) is 7.69. The molecule has 0 bridgehead atoms. The molecule has 0 aliphatic carbocycles. The summed E-state index contributed by atoms with van der Waals surface area (Å²) >= 11 is 3.26. The van der Waals surface area contributed by atoms with Crippen molar-refractivity contribution in [3.05, 3.63) is 52.3 Å². The third kappa shape index (κ3) is 4.17. The first kappa shape index (κ1) is 17.2. The Balaban J connectivity index is 2.19. The van der Waals surface area contributed by atoms with Gasteiger partial charge in [-0.05, 0) is 27.9 Å². The molecule has 4 N–H and O–H groups in total. The van der Waals surface area contributed by atoms with E-state index in [0.29, 0.717) is 10.2 Å². The minimum atomic E-state index is -1.49. The van der Waals surface area contributed by atoms with Crippen molar-refractivity contribution in [2.75, 3.05) is 0 Å². The summed E-state index contributed by atoms with van der Waals surface area (Å²) in [6.07, 6.45) is 0.180. The molecule has 2 aromatic rings. The molecule has 0 aliphatic rings. The number of aliphatic hydroxyl groups is 1. The van der Waals surface area contributed by atoms with E-state index in [4.69, 9.17) is 5.73 Å². The minimum absolute atomic E-state index is 0.272. The van der Waals surface area contributed by atoms with Crippen LogP contribution >= 0.6 is 15.9 Å². The third-order valence-corrected chi connectivity index (χ3v) is 4.34. The fourth-order valence-electron chi connectivity index (χ4n) is 2.13. The SMILES string of the molecule is Cn1ncc(C(=O)NC(Cc2ccccc2)C(O)C(N)=O)c1Br. The van der Waals surface area contributed by atoms with Crippen LogP contribution in [0.5, 0.6) is 0 Å². The predicted octanol–water partition coefficient (Wildman–Crippen LogP) is 0.370. The molecule has 1 heterocycles. The van der Waals surface area contributed by atoms with Gasteiger partial charge in [0.05, 0.1) is 17.8 Å². The second-order valence-corrected chi connectivity index (χ2v) is 5.84. The lowest BCUT2D eigenvalue weighted by atomic mass is 10.0. The van der Waals surface area contributed by atoms with Gasteiger partial charge in [0.15, 0.2) is 6.10 Å². The molecule has 7 nitrogen and oxygen atoms in total. The zero-order valence-corrected chi connectivity index (χ0v) is 14.0. The topological polar surface area (TPSA) is 110 Å². The van der Waals surface area contributed by atoms with Crippen molar-refractivity contribution >= 4 is 27.7 Å². The van der Waals surface area contributed by atoms with Crippen molar-refractivity contribution in [3.63, 3.8) is 0 Å².